The molecule has 116 valence electrons. The van der Waals surface area contributed by atoms with E-state index in [0.717, 1.165) is 4.90 Å². The predicted octanol–water partition coefficient (Wildman–Crippen LogP) is 1.73. The molecule has 1 unspecified atom stereocenters. The number of rotatable bonds is 3. The van der Waals surface area contributed by atoms with Gasteiger partial charge in [0.05, 0.1) is 19.5 Å². The zero-order chi connectivity index (χ0) is 15.1. The van der Waals surface area contributed by atoms with Crippen molar-refractivity contribution in [3.05, 3.63) is 24.2 Å². The minimum Gasteiger partial charge on any atom is -0.467 e. The molecule has 1 aliphatic heterocycles. The summed E-state index contributed by atoms with van der Waals surface area (Å²) in [7, 11) is 0. The van der Waals surface area contributed by atoms with Crippen LogP contribution in [0.5, 0.6) is 0 Å². The van der Waals surface area contributed by atoms with Crippen LogP contribution in [0, 0.1) is 0 Å². The first-order valence-corrected chi connectivity index (χ1v) is 6.98. The number of nitrogens with zero attached hydrogens (tertiary/aromatic N) is 1. The molecule has 1 saturated heterocycles. The molecule has 2 aliphatic rings. The maximum atomic E-state index is 14.3. The number of ether oxygens (including phenoxy) is 1. The van der Waals surface area contributed by atoms with E-state index in [9.17, 15) is 18.7 Å². The summed E-state index contributed by atoms with van der Waals surface area (Å²) in [4.78, 5) is 13.3. The molecule has 0 aromatic carbocycles. The number of morpholine rings is 1. The second-order valence-electron chi connectivity index (χ2n) is 5.56. The maximum Gasteiger partial charge on any atom is 0.352 e. The molecule has 0 radical (unpaired) electrons. The van der Waals surface area contributed by atoms with Gasteiger partial charge in [-0.2, -0.15) is 8.78 Å². The van der Waals surface area contributed by atoms with Crippen LogP contribution in [-0.2, 0) is 9.53 Å². The molecular formula is C14H17F2NO4. The van der Waals surface area contributed by atoms with Crippen molar-refractivity contribution in [1.82, 2.24) is 4.90 Å². The number of furan rings is 1. The molecule has 1 amide bonds. The van der Waals surface area contributed by atoms with Crippen molar-refractivity contribution in [1.29, 1.82) is 0 Å². The molecule has 1 aromatic rings. The van der Waals surface area contributed by atoms with E-state index in [0.29, 0.717) is 12.2 Å². The molecule has 1 aliphatic carbocycles. The summed E-state index contributed by atoms with van der Waals surface area (Å²) in [5.74, 6) is -4.73. The molecular weight excluding hydrogens is 284 g/mol. The van der Waals surface area contributed by atoms with Crippen LogP contribution in [0.3, 0.4) is 0 Å². The summed E-state index contributed by atoms with van der Waals surface area (Å²) >= 11 is 0. The van der Waals surface area contributed by atoms with Gasteiger partial charge in [-0.1, -0.05) is 0 Å². The average molecular weight is 301 g/mol. The first-order chi connectivity index (χ1) is 9.96. The van der Waals surface area contributed by atoms with Gasteiger partial charge in [-0.15, -0.1) is 0 Å². The first-order valence-electron chi connectivity index (χ1n) is 6.98. The van der Waals surface area contributed by atoms with Crippen molar-refractivity contribution >= 4 is 5.91 Å². The van der Waals surface area contributed by atoms with Crippen LogP contribution >= 0.6 is 0 Å². The van der Waals surface area contributed by atoms with Gasteiger partial charge >= 0.3 is 5.92 Å². The van der Waals surface area contributed by atoms with E-state index < -0.39 is 23.5 Å². The van der Waals surface area contributed by atoms with E-state index >= 15 is 0 Å². The lowest BCUT2D eigenvalue weighted by Crippen LogP contribution is -2.62. The molecule has 1 N–H and O–H groups in total. The van der Waals surface area contributed by atoms with Gasteiger partial charge in [0.15, 0.2) is 0 Å². The Balaban J connectivity index is 1.84. The second-order valence-corrected chi connectivity index (χ2v) is 5.56. The fourth-order valence-electron chi connectivity index (χ4n) is 2.77. The summed E-state index contributed by atoms with van der Waals surface area (Å²) in [6, 6.07) is 2.57. The zero-order valence-corrected chi connectivity index (χ0v) is 11.4. The zero-order valence-electron chi connectivity index (χ0n) is 11.4. The van der Waals surface area contributed by atoms with Gasteiger partial charge in [0.2, 0.25) is 0 Å². The highest BCUT2D eigenvalue weighted by atomic mass is 19.3. The number of amides is 1. The quantitative estimate of drug-likeness (QED) is 0.923. The van der Waals surface area contributed by atoms with Crippen molar-refractivity contribution in [2.45, 2.75) is 36.8 Å². The monoisotopic (exact) mass is 301 g/mol. The van der Waals surface area contributed by atoms with Crippen LogP contribution in [0.1, 0.15) is 31.1 Å². The number of carbonyl (C=O) groups is 1. The van der Waals surface area contributed by atoms with Gasteiger partial charge in [0, 0.05) is 6.54 Å². The number of aliphatic hydroxyl groups is 1. The molecule has 7 heteroatoms. The molecule has 0 bridgehead atoms. The van der Waals surface area contributed by atoms with Crippen LogP contribution < -0.4 is 0 Å². The maximum absolute atomic E-state index is 14.3. The smallest absolute Gasteiger partial charge is 0.352 e. The van der Waals surface area contributed by atoms with Crippen molar-refractivity contribution in [2.24, 2.45) is 0 Å². The highest BCUT2D eigenvalue weighted by molar-refractivity contribution is 5.85. The molecule has 0 spiro atoms. The summed E-state index contributed by atoms with van der Waals surface area (Å²) in [6.07, 6.45) is 1.82. The lowest BCUT2D eigenvalue weighted by atomic mass is 9.75. The Bertz CT molecular complexity index is 513. The standard InChI is InChI=1S/C14H17F2NO4/c15-14(16,13(19)4-2-5-13)12(18)17-6-8-20-9-10(17)11-3-1-7-21-11/h1,3,7,10,19H,2,4-6,8-9H2. The Kier molecular flexibility index (Phi) is 3.49. The molecule has 3 rings (SSSR count). The number of halogens is 2. The van der Waals surface area contributed by atoms with Gasteiger partial charge in [0.25, 0.3) is 5.91 Å². The minimum absolute atomic E-state index is 0.0515. The molecule has 5 nitrogen and oxygen atoms in total. The van der Waals surface area contributed by atoms with Crippen molar-refractivity contribution in [2.75, 3.05) is 19.8 Å². The topological polar surface area (TPSA) is 62.9 Å². The largest absolute Gasteiger partial charge is 0.467 e. The van der Waals surface area contributed by atoms with Gasteiger partial charge < -0.3 is 19.2 Å². The fourth-order valence-corrected chi connectivity index (χ4v) is 2.77. The molecule has 1 saturated carbocycles. The summed E-state index contributed by atoms with van der Waals surface area (Å²) in [5.41, 5.74) is -2.21. The SMILES string of the molecule is O=C(N1CCOCC1c1ccco1)C(F)(F)C1(O)CCC1. The fraction of sp³-hybridized carbons (Fsp3) is 0.643. The second kappa shape index (κ2) is 5.06. The Morgan fingerprint density at radius 3 is 2.81 bits per heavy atom. The number of hydrogen-bond donors (Lipinski definition) is 1. The number of carbonyl (C=O) groups excluding carboxylic acids is 1. The molecule has 21 heavy (non-hydrogen) atoms. The predicted molar refractivity (Wildman–Crippen MR) is 67.7 cm³/mol. The van der Waals surface area contributed by atoms with Crippen molar-refractivity contribution < 1.29 is 27.8 Å². The van der Waals surface area contributed by atoms with Crippen LogP contribution in [0.4, 0.5) is 8.78 Å². The molecule has 1 atom stereocenters. The van der Waals surface area contributed by atoms with Crippen LogP contribution in [0.25, 0.3) is 0 Å². The van der Waals surface area contributed by atoms with Gasteiger partial charge in [0.1, 0.15) is 17.4 Å². The Morgan fingerprint density at radius 2 is 2.24 bits per heavy atom. The van der Waals surface area contributed by atoms with E-state index in [2.05, 4.69) is 0 Å². The van der Waals surface area contributed by atoms with Crippen LogP contribution in [-0.4, -0.2) is 47.2 Å². The summed E-state index contributed by atoms with van der Waals surface area (Å²) < 4.78 is 39.1. The normalized spacial score (nSPS) is 25.5. The highest BCUT2D eigenvalue weighted by Gasteiger charge is 2.63. The van der Waals surface area contributed by atoms with E-state index in [1.807, 2.05) is 0 Å². The lowest BCUT2D eigenvalue weighted by Gasteiger charge is -2.45. The van der Waals surface area contributed by atoms with Crippen LogP contribution in [0.2, 0.25) is 0 Å². The number of alkyl halides is 2. The highest BCUT2D eigenvalue weighted by Crippen LogP contribution is 2.46. The third-order valence-electron chi connectivity index (χ3n) is 4.29. The van der Waals surface area contributed by atoms with E-state index in [4.69, 9.17) is 9.15 Å². The van der Waals surface area contributed by atoms with Crippen LogP contribution in [0.15, 0.2) is 22.8 Å². The first kappa shape index (κ1) is 14.5. The molecule has 1 aromatic heterocycles. The summed E-state index contributed by atoms with van der Waals surface area (Å²) in [5, 5.41) is 9.90. The van der Waals surface area contributed by atoms with E-state index in [1.165, 1.54) is 6.26 Å². The van der Waals surface area contributed by atoms with Crippen molar-refractivity contribution in [3.8, 4) is 0 Å². The third-order valence-corrected chi connectivity index (χ3v) is 4.29. The lowest BCUT2D eigenvalue weighted by molar-refractivity contribution is -0.228. The summed E-state index contributed by atoms with van der Waals surface area (Å²) in [6.45, 7) is 0.348. The van der Waals surface area contributed by atoms with E-state index in [1.54, 1.807) is 12.1 Å². The Labute approximate surface area is 120 Å². The molecule has 2 heterocycles. The van der Waals surface area contributed by atoms with Gasteiger partial charge in [-0.05, 0) is 31.4 Å². The third kappa shape index (κ3) is 2.24. The number of hydrogen-bond acceptors (Lipinski definition) is 4. The Morgan fingerprint density at radius 1 is 1.48 bits per heavy atom. The average Bonchev–Trinajstić information content (AvgIpc) is 2.97. The minimum atomic E-state index is -3.78. The van der Waals surface area contributed by atoms with Gasteiger partial charge in [-0.25, -0.2) is 0 Å². The molecule has 2 fully saturated rings. The van der Waals surface area contributed by atoms with Crippen molar-refractivity contribution in [3.63, 3.8) is 0 Å². The van der Waals surface area contributed by atoms with Gasteiger partial charge in [-0.3, -0.25) is 4.79 Å². The Hall–Kier alpha value is -1.47. The van der Waals surface area contributed by atoms with E-state index in [-0.39, 0.29) is 32.6 Å².